The maximum atomic E-state index is 13.6. The number of allylic oxidation sites excluding steroid dienone is 1. The third kappa shape index (κ3) is 5.46. The summed E-state index contributed by atoms with van der Waals surface area (Å²) >= 11 is 5.94. The average Bonchev–Trinajstić information content (AvgIpc) is 2.77. The van der Waals surface area contributed by atoms with Gasteiger partial charge in [0.15, 0.2) is 5.78 Å². The van der Waals surface area contributed by atoms with Gasteiger partial charge in [-0.25, -0.2) is 0 Å². The summed E-state index contributed by atoms with van der Waals surface area (Å²) in [6.07, 6.45) is 3.85. The quantitative estimate of drug-likeness (QED) is 0.435. The molecule has 0 saturated heterocycles. The summed E-state index contributed by atoms with van der Waals surface area (Å²) in [6, 6.07) is 26.4. The van der Waals surface area contributed by atoms with Crippen LogP contribution >= 0.6 is 11.6 Å². The smallest absolute Gasteiger partial charge is 0.303 e. The van der Waals surface area contributed by atoms with Crippen molar-refractivity contribution in [1.82, 2.24) is 0 Å². The van der Waals surface area contributed by atoms with Gasteiger partial charge in [-0.3, -0.25) is 9.59 Å². The van der Waals surface area contributed by atoms with Gasteiger partial charge in [-0.2, -0.15) is 0 Å². The third-order valence-electron chi connectivity index (χ3n) is 5.21. The van der Waals surface area contributed by atoms with Crippen molar-refractivity contribution in [1.29, 1.82) is 0 Å². The van der Waals surface area contributed by atoms with Gasteiger partial charge in [0, 0.05) is 11.4 Å². The minimum absolute atomic E-state index is 0.0950. The lowest BCUT2D eigenvalue weighted by Crippen LogP contribution is -2.38. The fraction of sp³-hybridized carbons (Fsp3) is 0.154. The molecule has 152 valence electrons. The van der Waals surface area contributed by atoms with E-state index < -0.39 is 11.4 Å². The van der Waals surface area contributed by atoms with Gasteiger partial charge in [-0.1, -0.05) is 90.5 Å². The van der Waals surface area contributed by atoms with Gasteiger partial charge >= 0.3 is 5.97 Å². The molecule has 0 radical (unpaired) electrons. The highest BCUT2D eigenvalue weighted by molar-refractivity contribution is 6.30. The van der Waals surface area contributed by atoms with Crippen LogP contribution in [-0.2, 0) is 21.4 Å². The van der Waals surface area contributed by atoms with Crippen LogP contribution in [-0.4, -0.2) is 16.9 Å². The van der Waals surface area contributed by atoms with Crippen molar-refractivity contribution in [2.45, 2.75) is 24.7 Å². The first-order chi connectivity index (χ1) is 14.5. The van der Waals surface area contributed by atoms with Crippen molar-refractivity contribution in [3.8, 4) is 0 Å². The van der Waals surface area contributed by atoms with E-state index in [1.54, 1.807) is 24.3 Å². The lowest BCUT2D eigenvalue weighted by atomic mass is 9.69. The monoisotopic (exact) mass is 418 g/mol. The second kappa shape index (κ2) is 10.0. The Labute approximate surface area is 181 Å². The van der Waals surface area contributed by atoms with Crippen LogP contribution < -0.4 is 0 Å². The molecule has 0 bridgehead atoms. The van der Waals surface area contributed by atoms with Crippen molar-refractivity contribution >= 4 is 29.4 Å². The minimum atomic E-state index is -0.968. The summed E-state index contributed by atoms with van der Waals surface area (Å²) < 4.78 is 0. The molecular formula is C26H23ClO3. The molecule has 4 heteroatoms. The van der Waals surface area contributed by atoms with Crippen molar-refractivity contribution in [3.05, 3.63) is 113 Å². The number of carbonyl (C=O) groups excluding carboxylic acids is 1. The first kappa shape index (κ1) is 21.5. The van der Waals surface area contributed by atoms with Gasteiger partial charge in [0.25, 0.3) is 0 Å². The van der Waals surface area contributed by atoms with E-state index in [0.717, 1.165) is 16.7 Å². The zero-order valence-electron chi connectivity index (χ0n) is 16.5. The predicted molar refractivity (Wildman–Crippen MR) is 121 cm³/mol. The summed E-state index contributed by atoms with van der Waals surface area (Å²) in [5.74, 6) is -1.04. The maximum absolute atomic E-state index is 13.6. The Hall–Kier alpha value is -3.17. The van der Waals surface area contributed by atoms with E-state index in [-0.39, 0.29) is 18.6 Å². The molecule has 3 aromatic carbocycles. The average molecular weight is 419 g/mol. The van der Waals surface area contributed by atoms with Crippen LogP contribution in [0.4, 0.5) is 0 Å². The molecule has 30 heavy (non-hydrogen) atoms. The highest BCUT2D eigenvalue weighted by atomic mass is 35.5. The topological polar surface area (TPSA) is 54.4 Å². The van der Waals surface area contributed by atoms with Gasteiger partial charge in [0.2, 0.25) is 0 Å². The Kier molecular flexibility index (Phi) is 7.21. The molecule has 1 unspecified atom stereocenters. The van der Waals surface area contributed by atoms with Gasteiger partial charge in [-0.05, 0) is 47.7 Å². The highest BCUT2D eigenvalue weighted by Gasteiger charge is 2.39. The number of halogens is 1. The van der Waals surface area contributed by atoms with Crippen molar-refractivity contribution in [2.24, 2.45) is 0 Å². The number of aliphatic carboxylic acids is 1. The molecule has 0 fully saturated rings. The molecule has 1 N–H and O–H groups in total. The van der Waals surface area contributed by atoms with E-state index in [9.17, 15) is 14.7 Å². The largest absolute Gasteiger partial charge is 0.481 e. The van der Waals surface area contributed by atoms with Crippen LogP contribution in [0, 0.1) is 0 Å². The molecule has 0 aromatic heterocycles. The number of hydrogen-bond acceptors (Lipinski definition) is 2. The number of hydrogen-bond donors (Lipinski definition) is 1. The number of ketones is 1. The Morgan fingerprint density at radius 3 is 2.07 bits per heavy atom. The Balaban J connectivity index is 2.04. The first-order valence-corrected chi connectivity index (χ1v) is 10.2. The maximum Gasteiger partial charge on any atom is 0.303 e. The molecule has 0 aliphatic carbocycles. The molecule has 0 aliphatic rings. The van der Waals surface area contributed by atoms with Gasteiger partial charge in [-0.15, -0.1) is 0 Å². The Morgan fingerprint density at radius 2 is 1.47 bits per heavy atom. The second-order valence-corrected chi connectivity index (χ2v) is 7.69. The van der Waals surface area contributed by atoms with Crippen LogP contribution in [0.2, 0.25) is 5.02 Å². The summed E-state index contributed by atoms with van der Waals surface area (Å²) in [6.45, 7) is 0. The number of carboxylic acids is 1. The van der Waals surface area contributed by atoms with E-state index in [2.05, 4.69) is 0 Å². The molecule has 1 atom stereocenters. The summed E-state index contributed by atoms with van der Waals surface area (Å²) in [4.78, 5) is 25.0. The van der Waals surface area contributed by atoms with Gasteiger partial charge in [0.1, 0.15) is 0 Å². The van der Waals surface area contributed by atoms with Gasteiger partial charge in [0.05, 0.1) is 5.41 Å². The molecule has 0 amide bonds. The van der Waals surface area contributed by atoms with Crippen LogP contribution in [0.1, 0.15) is 29.5 Å². The second-order valence-electron chi connectivity index (χ2n) is 7.25. The summed E-state index contributed by atoms with van der Waals surface area (Å²) in [7, 11) is 0. The molecule has 3 rings (SSSR count). The van der Waals surface area contributed by atoms with Crippen molar-refractivity contribution in [2.75, 3.05) is 0 Å². The zero-order chi connectivity index (χ0) is 21.4. The number of rotatable bonds is 9. The van der Waals surface area contributed by atoms with E-state index in [1.165, 1.54) is 0 Å². The van der Waals surface area contributed by atoms with E-state index in [0.29, 0.717) is 11.4 Å². The van der Waals surface area contributed by atoms with Gasteiger partial charge < -0.3 is 5.11 Å². The predicted octanol–water partition coefficient (Wildman–Crippen LogP) is 5.97. The molecule has 3 aromatic rings. The SMILES string of the molecule is O=C(O)CCC(Cc1ccccc1)(C(=O)/C=C/c1ccc(Cl)cc1)c1ccccc1. The molecule has 0 saturated carbocycles. The van der Waals surface area contributed by atoms with Crippen molar-refractivity contribution in [3.63, 3.8) is 0 Å². The number of carboxylic acid groups (broad SMARTS) is 1. The minimum Gasteiger partial charge on any atom is -0.481 e. The summed E-state index contributed by atoms with van der Waals surface area (Å²) in [5.41, 5.74) is 1.69. The van der Waals surface area contributed by atoms with Crippen LogP contribution in [0.25, 0.3) is 6.08 Å². The molecule has 0 spiro atoms. The van der Waals surface area contributed by atoms with E-state index in [4.69, 9.17) is 11.6 Å². The third-order valence-corrected chi connectivity index (χ3v) is 5.46. The lowest BCUT2D eigenvalue weighted by molar-refractivity contribution is -0.137. The van der Waals surface area contributed by atoms with Crippen LogP contribution in [0.3, 0.4) is 0 Å². The fourth-order valence-electron chi connectivity index (χ4n) is 3.61. The molecule has 0 heterocycles. The highest BCUT2D eigenvalue weighted by Crippen LogP contribution is 2.35. The molecule has 0 aliphatic heterocycles. The Bertz CT molecular complexity index is 1010. The lowest BCUT2D eigenvalue weighted by Gasteiger charge is -2.32. The van der Waals surface area contributed by atoms with Crippen LogP contribution in [0.15, 0.2) is 91.0 Å². The standard InChI is InChI=1S/C26H23ClO3/c27-23-14-11-20(12-15-23)13-16-24(28)26(18-17-25(29)30,22-9-5-2-6-10-22)19-21-7-3-1-4-8-21/h1-16H,17-19H2,(H,29,30)/b16-13+. The van der Waals surface area contributed by atoms with Crippen molar-refractivity contribution < 1.29 is 14.7 Å². The summed E-state index contributed by atoms with van der Waals surface area (Å²) in [5, 5.41) is 9.99. The Morgan fingerprint density at radius 1 is 0.867 bits per heavy atom. The van der Waals surface area contributed by atoms with E-state index >= 15 is 0 Å². The van der Waals surface area contributed by atoms with E-state index in [1.807, 2.05) is 72.8 Å². The fourth-order valence-corrected chi connectivity index (χ4v) is 3.74. The first-order valence-electron chi connectivity index (χ1n) is 9.79. The number of carbonyl (C=O) groups is 2. The number of benzene rings is 3. The zero-order valence-corrected chi connectivity index (χ0v) is 17.3. The normalized spacial score (nSPS) is 13.1. The molecular weight excluding hydrogens is 396 g/mol. The molecule has 3 nitrogen and oxygen atoms in total. The van der Waals surface area contributed by atoms with Crippen LogP contribution in [0.5, 0.6) is 0 Å².